The summed E-state index contributed by atoms with van der Waals surface area (Å²) in [6.07, 6.45) is 1.69. The zero-order chi connectivity index (χ0) is 16.9. The summed E-state index contributed by atoms with van der Waals surface area (Å²) >= 11 is 1.58. The number of fused-ring (bicyclic) bond motifs is 1. The summed E-state index contributed by atoms with van der Waals surface area (Å²) in [7, 11) is 0. The fraction of sp³-hybridized carbons (Fsp3) is 0.529. The van der Waals surface area contributed by atoms with Crippen molar-refractivity contribution in [2.45, 2.75) is 44.4 Å². The Balaban J connectivity index is 0.00000288. The number of aromatic amines is 1. The Labute approximate surface area is 154 Å². The van der Waals surface area contributed by atoms with Crippen molar-refractivity contribution in [3.8, 4) is 0 Å². The summed E-state index contributed by atoms with van der Waals surface area (Å²) in [4.78, 5) is 20.1. The minimum atomic E-state index is -0.278. The molecule has 7 heteroatoms. The lowest BCUT2D eigenvalue weighted by atomic mass is 9.93. The highest BCUT2D eigenvalue weighted by atomic mass is 35.5. The predicted molar refractivity (Wildman–Crippen MR) is 105 cm³/mol. The van der Waals surface area contributed by atoms with Crippen molar-refractivity contribution >= 4 is 41.1 Å². The summed E-state index contributed by atoms with van der Waals surface area (Å²) < 4.78 is 0. The predicted octanol–water partition coefficient (Wildman–Crippen LogP) is 3.41. The number of aromatic nitrogens is 2. The molecule has 4 N–H and O–H groups in total. The van der Waals surface area contributed by atoms with Gasteiger partial charge in [0.1, 0.15) is 5.82 Å². The molecule has 0 aliphatic carbocycles. The van der Waals surface area contributed by atoms with Crippen LogP contribution in [0.15, 0.2) is 24.3 Å². The summed E-state index contributed by atoms with van der Waals surface area (Å²) in [5.74, 6) is 1.34. The van der Waals surface area contributed by atoms with E-state index in [-0.39, 0.29) is 29.1 Å². The van der Waals surface area contributed by atoms with E-state index in [9.17, 15) is 4.79 Å². The molecule has 1 unspecified atom stereocenters. The molecule has 134 valence electrons. The van der Waals surface area contributed by atoms with Crippen LogP contribution in [-0.2, 0) is 4.79 Å². The number of nitrogens with zero attached hydrogens (tertiary/aromatic N) is 1. The molecule has 0 aliphatic rings. The molecule has 0 aliphatic heterocycles. The molecule has 0 fully saturated rings. The van der Waals surface area contributed by atoms with E-state index < -0.39 is 0 Å². The second kappa shape index (κ2) is 9.30. The van der Waals surface area contributed by atoms with Gasteiger partial charge in [-0.3, -0.25) is 4.79 Å². The quantitative estimate of drug-likeness (QED) is 0.664. The number of rotatable bonds is 8. The van der Waals surface area contributed by atoms with Gasteiger partial charge in [0.25, 0.3) is 0 Å². The molecule has 0 saturated carbocycles. The van der Waals surface area contributed by atoms with Crippen LogP contribution < -0.4 is 11.1 Å². The lowest BCUT2D eigenvalue weighted by molar-refractivity contribution is -0.120. The van der Waals surface area contributed by atoms with Crippen LogP contribution in [-0.4, -0.2) is 33.7 Å². The van der Waals surface area contributed by atoms with Gasteiger partial charge in [-0.05, 0) is 31.9 Å². The molecule has 2 rings (SSSR count). The van der Waals surface area contributed by atoms with E-state index in [2.05, 4.69) is 36.1 Å². The van der Waals surface area contributed by atoms with Crippen molar-refractivity contribution in [3.05, 3.63) is 30.1 Å². The molecule has 5 nitrogen and oxygen atoms in total. The Hall–Kier alpha value is -1.24. The highest BCUT2D eigenvalue weighted by molar-refractivity contribution is 8.00. The lowest BCUT2D eigenvalue weighted by Gasteiger charge is -2.31. The van der Waals surface area contributed by atoms with E-state index in [1.54, 1.807) is 11.8 Å². The highest BCUT2D eigenvalue weighted by Crippen LogP contribution is 2.27. The van der Waals surface area contributed by atoms with Gasteiger partial charge in [-0.2, -0.15) is 0 Å². The zero-order valence-corrected chi connectivity index (χ0v) is 16.1. The van der Waals surface area contributed by atoms with E-state index in [4.69, 9.17) is 5.73 Å². The van der Waals surface area contributed by atoms with E-state index in [1.807, 2.05) is 24.3 Å². The fourth-order valence-corrected chi connectivity index (χ4v) is 3.29. The SMILES string of the molecule is CCC(CC)(CN)NC(=O)CSC(C)c1nc2ccccc2[nH]1.Cl. The van der Waals surface area contributed by atoms with Crippen LogP contribution in [0.2, 0.25) is 0 Å². The summed E-state index contributed by atoms with van der Waals surface area (Å²) in [5, 5.41) is 3.23. The Morgan fingerprint density at radius 2 is 2.04 bits per heavy atom. The number of nitrogens with two attached hydrogens (primary N) is 1. The number of para-hydroxylation sites is 2. The molecule has 2 aromatic rings. The van der Waals surface area contributed by atoms with Crippen LogP contribution in [0.3, 0.4) is 0 Å². The Kier molecular flexibility index (Phi) is 8.06. The molecule has 1 heterocycles. The minimum Gasteiger partial charge on any atom is -0.349 e. The average molecular weight is 371 g/mol. The molecule has 1 aromatic heterocycles. The van der Waals surface area contributed by atoms with Gasteiger partial charge in [0, 0.05) is 6.54 Å². The smallest absolute Gasteiger partial charge is 0.230 e. The van der Waals surface area contributed by atoms with Gasteiger partial charge in [-0.15, -0.1) is 24.2 Å². The van der Waals surface area contributed by atoms with Crippen molar-refractivity contribution in [3.63, 3.8) is 0 Å². The largest absolute Gasteiger partial charge is 0.349 e. The van der Waals surface area contributed by atoms with E-state index in [1.165, 1.54) is 0 Å². The molecular formula is C17H27ClN4OS. The maximum atomic E-state index is 12.2. The zero-order valence-electron chi connectivity index (χ0n) is 14.5. The molecule has 0 saturated heterocycles. The van der Waals surface area contributed by atoms with Crippen LogP contribution in [0.5, 0.6) is 0 Å². The number of halogens is 1. The third kappa shape index (κ3) is 4.88. The number of nitrogens with one attached hydrogen (secondary N) is 2. The Bertz CT molecular complexity index is 616. The number of imidazole rings is 1. The normalized spacial score (nSPS) is 12.7. The number of carbonyl (C=O) groups is 1. The molecule has 1 amide bonds. The number of benzene rings is 1. The Morgan fingerprint density at radius 3 is 2.62 bits per heavy atom. The standard InChI is InChI=1S/C17H26N4OS.ClH/c1-4-17(5-2,11-18)21-15(22)10-23-12(3)16-19-13-8-6-7-9-14(13)20-16;/h6-9,12H,4-5,10-11,18H2,1-3H3,(H,19,20)(H,21,22);1H. The molecule has 0 bridgehead atoms. The van der Waals surface area contributed by atoms with Gasteiger partial charge in [-0.1, -0.05) is 26.0 Å². The molecule has 1 aromatic carbocycles. The molecule has 1 atom stereocenters. The van der Waals surface area contributed by atoms with Gasteiger partial charge in [0.05, 0.1) is 27.6 Å². The number of thioether (sulfide) groups is 1. The Morgan fingerprint density at radius 1 is 1.38 bits per heavy atom. The number of carbonyl (C=O) groups excluding carboxylic acids is 1. The average Bonchev–Trinajstić information content (AvgIpc) is 3.02. The van der Waals surface area contributed by atoms with Gasteiger partial charge in [0.2, 0.25) is 5.91 Å². The molecule has 0 radical (unpaired) electrons. The maximum absolute atomic E-state index is 12.2. The van der Waals surface area contributed by atoms with E-state index in [0.29, 0.717) is 12.3 Å². The van der Waals surface area contributed by atoms with E-state index >= 15 is 0 Å². The second-order valence-electron chi connectivity index (χ2n) is 5.83. The number of hydrogen-bond acceptors (Lipinski definition) is 4. The number of hydrogen-bond donors (Lipinski definition) is 3. The first-order valence-electron chi connectivity index (χ1n) is 8.11. The van der Waals surface area contributed by atoms with Gasteiger partial charge in [0.15, 0.2) is 0 Å². The first-order chi connectivity index (χ1) is 11.0. The first kappa shape index (κ1) is 20.8. The van der Waals surface area contributed by atoms with Crippen LogP contribution in [0.1, 0.15) is 44.7 Å². The summed E-state index contributed by atoms with van der Waals surface area (Å²) in [6, 6.07) is 7.95. The first-order valence-corrected chi connectivity index (χ1v) is 9.15. The second-order valence-corrected chi connectivity index (χ2v) is 7.16. The van der Waals surface area contributed by atoms with Gasteiger partial charge >= 0.3 is 0 Å². The maximum Gasteiger partial charge on any atom is 0.230 e. The van der Waals surface area contributed by atoms with Crippen molar-refractivity contribution in [1.82, 2.24) is 15.3 Å². The summed E-state index contributed by atoms with van der Waals surface area (Å²) in [6.45, 7) is 6.64. The van der Waals surface area contributed by atoms with Crippen molar-refractivity contribution < 1.29 is 4.79 Å². The topological polar surface area (TPSA) is 83.8 Å². The lowest BCUT2D eigenvalue weighted by Crippen LogP contribution is -2.53. The molecule has 0 spiro atoms. The monoisotopic (exact) mass is 370 g/mol. The molecular weight excluding hydrogens is 344 g/mol. The van der Waals surface area contributed by atoms with Crippen molar-refractivity contribution in [2.75, 3.05) is 12.3 Å². The van der Waals surface area contributed by atoms with Crippen LogP contribution in [0.25, 0.3) is 11.0 Å². The van der Waals surface area contributed by atoms with Crippen LogP contribution >= 0.6 is 24.2 Å². The summed E-state index contributed by atoms with van der Waals surface area (Å²) in [5.41, 5.74) is 7.54. The number of amides is 1. The van der Waals surface area contributed by atoms with Gasteiger partial charge in [-0.25, -0.2) is 4.98 Å². The highest BCUT2D eigenvalue weighted by Gasteiger charge is 2.26. The third-order valence-corrected chi connectivity index (χ3v) is 5.56. The van der Waals surface area contributed by atoms with Crippen molar-refractivity contribution in [1.29, 1.82) is 0 Å². The van der Waals surface area contributed by atoms with E-state index in [0.717, 1.165) is 29.7 Å². The third-order valence-electron chi connectivity index (χ3n) is 4.41. The van der Waals surface area contributed by atoms with Crippen LogP contribution in [0.4, 0.5) is 0 Å². The van der Waals surface area contributed by atoms with Crippen LogP contribution in [0, 0.1) is 0 Å². The molecule has 24 heavy (non-hydrogen) atoms. The minimum absolute atomic E-state index is 0. The number of H-pyrrole nitrogens is 1. The van der Waals surface area contributed by atoms with Gasteiger partial charge < -0.3 is 16.0 Å². The fourth-order valence-electron chi connectivity index (χ4n) is 2.54. The van der Waals surface area contributed by atoms with Crippen molar-refractivity contribution in [2.24, 2.45) is 5.73 Å².